The number of halogens is 1. The van der Waals surface area contributed by atoms with Gasteiger partial charge in [0.1, 0.15) is 17.7 Å². The fourth-order valence-corrected chi connectivity index (χ4v) is 2.46. The summed E-state index contributed by atoms with van der Waals surface area (Å²) in [6.07, 6.45) is 3.60. The lowest BCUT2D eigenvalue weighted by molar-refractivity contribution is -0.140. The lowest BCUT2D eigenvalue weighted by atomic mass is 10.00. The molecule has 1 aliphatic rings. The van der Waals surface area contributed by atoms with E-state index in [1.165, 1.54) is 19.1 Å². The predicted octanol–water partition coefficient (Wildman–Crippen LogP) is 1.56. The van der Waals surface area contributed by atoms with Crippen LogP contribution in [0.25, 0.3) is 6.08 Å². The Morgan fingerprint density at radius 3 is 2.60 bits per heavy atom. The molecule has 1 aromatic carbocycles. The van der Waals surface area contributed by atoms with Crippen LogP contribution < -0.4 is 5.32 Å². The van der Waals surface area contributed by atoms with Gasteiger partial charge in [-0.25, -0.2) is 9.59 Å². The Morgan fingerprint density at radius 2 is 1.96 bits per heavy atom. The lowest BCUT2D eigenvalue weighted by Crippen LogP contribution is -2.42. The maximum absolute atomic E-state index is 12.2. The molecule has 0 saturated heterocycles. The molecule has 1 unspecified atom stereocenters. The number of ether oxygens (including phenoxy) is 2. The predicted molar refractivity (Wildman–Crippen MR) is 91.0 cm³/mol. The number of hydrogen-bond donors (Lipinski definition) is 1. The normalized spacial score (nSPS) is 16.0. The zero-order valence-electron chi connectivity index (χ0n) is 13.7. The number of amides is 1. The van der Waals surface area contributed by atoms with E-state index in [0.29, 0.717) is 0 Å². The second-order valence-electron chi connectivity index (χ2n) is 5.00. The van der Waals surface area contributed by atoms with E-state index >= 15 is 0 Å². The first kappa shape index (κ1) is 18.5. The first-order chi connectivity index (χ1) is 12.0. The van der Waals surface area contributed by atoms with Crippen LogP contribution in [0, 0.1) is 0 Å². The molecule has 0 radical (unpaired) electrons. The molecule has 1 atom stereocenters. The maximum atomic E-state index is 12.2. The van der Waals surface area contributed by atoms with Crippen LogP contribution in [0.3, 0.4) is 0 Å². The Labute approximate surface area is 149 Å². The molecular weight excluding hydrogens is 348 g/mol. The number of carbonyl (C=O) groups excluding carboxylic acids is 3. The van der Waals surface area contributed by atoms with Crippen molar-refractivity contribution in [2.24, 2.45) is 0 Å². The van der Waals surface area contributed by atoms with Crippen LogP contribution in [0.1, 0.15) is 17.3 Å². The number of fused-ring (bicyclic) bond motifs is 1. The first-order valence-electron chi connectivity index (χ1n) is 7.30. The number of carbonyl (C=O) groups is 3. The summed E-state index contributed by atoms with van der Waals surface area (Å²) in [6.45, 7) is 0. The van der Waals surface area contributed by atoms with Crippen molar-refractivity contribution < 1.29 is 23.9 Å². The van der Waals surface area contributed by atoms with Crippen molar-refractivity contribution in [1.29, 1.82) is 0 Å². The van der Waals surface area contributed by atoms with Crippen LogP contribution in [0.4, 0.5) is 0 Å². The highest BCUT2D eigenvalue weighted by Gasteiger charge is 2.31. The number of hydrogen-bond acceptors (Lipinski definition) is 6. The van der Waals surface area contributed by atoms with E-state index in [1.54, 1.807) is 24.4 Å². The van der Waals surface area contributed by atoms with Gasteiger partial charge in [-0.2, -0.15) is 0 Å². The van der Waals surface area contributed by atoms with Gasteiger partial charge < -0.3 is 19.7 Å². The molecule has 7 nitrogen and oxygen atoms in total. The van der Waals surface area contributed by atoms with Crippen molar-refractivity contribution in [2.75, 3.05) is 20.1 Å². The summed E-state index contributed by atoms with van der Waals surface area (Å²) < 4.78 is 9.34. The third kappa shape index (κ3) is 4.19. The van der Waals surface area contributed by atoms with Gasteiger partial charge in [0.25, 0.3) is 0 Å². The van der Waals surface area contributed by atoms with Crippen molar-refractivity contribution in [1.82, 2.24) is 10.2 Å². The second kappa shape index (κ2) is 8.34. The molecule has 8 heteroatoms. The monoisotopic (exact) mass is 364 g/mol. The minimum Gasteiger partial charge on any atom is -0.466 e. The summed E-state index contributed by atoms with van der Waals surface area (Å²) in [4.78, 5) is 37.1. The molecule has 1 amide bonds. The molecule has 1 N–H and O–H groups in total. The Kier molecular flexibility index (Phi) is 6.19. The van der Waals surface area contributed by atoms with Crippen LogP contribution in [0.15, 0.2) is 42.2 Å². The fourth-order valence-electron chi connectivity index (χ4n) is 2.38. The van der Waals surface area contributed by atoms with E-state index < -0.39 is 24.0 Å². The van der Waals surface area contributed by atoms with Crippen molar-refractivity contribution in [2.45, 2.75) is 6.17 Å². The van der Waals surface area contributed by atoms with Gasteiger partial charge in [0.2, 0.25) is 5.91 Å². The zero-order chi connectivity index (χ0) is 18.4. The standard InChI is InChI=1S/C17H17ClN2O5/c1-24-15(22)9-13(17(23)25-2)20-8-7-11-5-3-4-6-12(11)16(20)19-14(21)10-18/h3-9,16H,10H2,1-2H3,(H,19,21)/b13-9-. The fraction of sp³-hybridized carbons (Fsp3) is 0.235. The van der Waals surface area contributed by atoms with Gasteiger partial charge in [0.05, 0.1) is 20.3 Å². The van der Waals surface area contributed by atoms with Crippen LogP contribution >= 0.6 is 11.6 Å². The van der Waals surface area contributed by atoms with E-state index in [0.717, 1.165) is 17.2 Å². The quantitative estimate of drug-likeness (QED) is 0.485. The summed E-state index contributed by atoms with van der Waals surface area (Å²) in [5.74, 6) is -2.15. The number of nitrogens with one attached hydrogen (secondary N) is 1. The summed E-state index contributed by atoms with van der Waals surface area (Å²) in [5, 5.41) is 2.73. The number of nitrogens with zero attached hydrogens (tertiary/aromatic N) is 1. The van der Waals surface area contributed by atoms with Crippen LogP contribution in [0.5, 0.6) is 0 Å². The van der Waals surface area contributed by atoms with Gasteiger partial charge in [-0.05, 0) is 11.6 Å². The molecule has 132 valence electrons. The molecular formula is C17H17ClN2O5. The van der Waals surface area contributed by atoms with E-state index in [1.807, 2.05) is 12.1 Å². The molecule has 1 heterocycles. The third-order valence-electron chi connectivity index (χ3n) is 3.53. The number of benzene rings is 1. The van der Waals surface area contributed by atoms with E-state index in [2.05, 4.69) is 10.1 Å². The number of alkyl halides is 1. The van der Waals surface area contributed by atoms with Crippen molar-refractivity contribution >= 4 is 35.5 Å². The average molecular weight is 365 g/mol. The van der Waals surface area contributed by atoms with E-state index in [4.69, 9.17) is 16.3 Å². The summed E-state index contributed by atoms with van der Waals surface area (Å²) in [7, 11) is 2.39. The average Bonchev–Trinajstić information content (AvgIpc) is 2.65. The number of esters is 2. The van der Waals surface area contributed by atoms with Crippen molar-refractivity contribution in [3.05, 3.63) is 53.4 Å². The topological polar surface area (TPSA) is 84.9 Å². The number of rotatable bonds is 5. The molecule has 0 saturated carbocycles. The van der Waals surface area contributed by atoms with Crippen molar-refractivity contribution in [3.8, 4) is 0 Å². The molecule has 0 bridgehead atoms. The van der Waals surface area contributed by atoms with E-state index in [-0.39, 0.29) is 11.6 Å². The molecule has 1 aromatic rings. The highest BCUT2D eigenvalue weighted by molar-refractivity contribution is 6.27. The van der Waals surface area contributed by atoms with Gasteiger partial charge in [0, 0.05) is 11.8 Å². The smallest absolute Gasteiger partial charge is 0.355 e. The van der Waals surface area contributed by atoms with Crippen molar-refractivity contribution in [3.63, 3.8) is 0 Å². The molecule has 0 aromatic heterocycles. The van der Waals surface area contributed by atoms with Crippen LogP contribution in [-0.4, -0.2) is 42.8 Å². The van der Waals surface area contributed by atoms with Gasteiger partial charge in [-0.1, -0.05) is 24.3 Å². The van der Waals surface area contributed by atoms with Gasteiger partial charge in [0.15, 0.2) is 0 Å². The van der Waals surface area contributed by atoms with Gasteiger partial charge >= 0.3 is 11.9 Å². The van der Waals surface area contributed by atoms with Gasteiger partial charge in [-0.15, -0.1) is 11.6 Å². The van der Waals surface area contributed by atoms with Crippen LogP contribution in [-0.2, 0) is 23.9 Å². The zero-order valence-corrected chi connectivity index (χ0v) is 14.4. The largest absolute Gasteiger partial charge is 0.466 e. The Morgan fingerprint density at radius 1 is 1.24 bits per heavy atom. The molecule has 0 spiro atoms. The molecule has 0 fully saturated rings. The highest BCUT2D eigenvalue weighted by Crippen LogP contribution is 2.31. The molecule has 2 rings (SSSR count). The SMILES string of the molecule is COC(=O)/C=C(/C(=O)OC)N1C=Cc2ccccc2C1NC(=O)CCl. The summed E-state index contributed by atoms with van der Waals surface area (Å²) >= 11 is 5.59. The summed E-state index contributed by atoms with van der Waals surface area (Å²) in [5.41, 5.74) is 1.52. The molecule has 25 heavy (non-hydrogen) atoms. The minimum atomic E-state index is -0.750. The molecule has 1 aliphatic heterocycles. The minimum absolute atomic E-state index is 0.0834. The number of methoxy groups -OCH3 is 2. The maximum Gasteiger partial charge on any atom is 0.355 e. The Hall–Kier alpha value is -2.80. The Bertz CT molecular complexity index is 744. The van der Waals surface area contributed by atoms with E-state index in [9.17, 15) is 14.4 Å². The van der Waals surface area contributed by atoms with Gasteiger partial charge in [-0.3, -0.25) is 4.79 Å². The first-order valence-corrected chi connectivity index (χ1v) is 7.84. The second-order valence-corrected chi connectivity index (χ2v) is 5.27. The lowest BCUT2D eigenvalue weighted by Gasteiger charge is -2.35. The molecule has 0 aliphatic carbocycles. The Balaban J connectivity index is 2.52. The third-order valence-corrected chi connectivity index (χ3v) is 3.77. The summed E-state index contributed by atoms with van der Waals surface area (Å²) in [6, 6.07) is 7.32. The van der Waals surface area contributed by atoms with Crippen LogP contribution in [0.2, 0.25) is 0 Å². The highest BCUT2D eigenvalue weighted by atomic mass is 35.5.